The Morgan fingerprint density at radius 2 is 0.970 bits per heavy atom. The van der Waals surface area contributed by atoms with Crippen molar-refractivity contribution in [2.45, 2.75) is 39.5 Å². The molecule has 0 atom stereocenters. The molecule has 5 aromatic rings. The van der Waals surface area contributed by atoms with Gasteiger partial charge < -0.3 is 0 Å². The first-order valence-corrected chi connectivity index (χ1v) is 11.7. The van der Waals surface area contributed by atoms with Crippen molar-refractivity contribution in [3.8, 4) is 0 Å². The molecule has 0 fully saturated rings. The van der Waals surface area contributed by atoms with Gasteiger partial charge in [0.05, 0.1) is 16.7 Å². The first kappa shape index (κ1) is 21.1. The Kier molecular flexibility index (Phi) is 5.55. The van der Waals surface area contributed by atoms with E-state index < -0.39 is 0 Å². The highest BCUT2D eigenvalue weighted by atomic mass is 15.2. The number of anilines is 3. The number of aromatic nitrogens is 2. The lowest BCUT2D eigenvalue weighted by Gasteiger charge is -2.30. The molecule has 0 unspecified atom stereocenters. The minimum atomic E-state index is 0.363. The van der Waals surface area contributed by atoms with E-state index >= 15 is 0 Å². The van der Waals surface area contributed by atoms with Crippen LogP contribution in [0.3, 0.4) is 0 Å². The second-order valence-corrected chi connectivity index (χ2v) is 9.15. The van der Waals surface area contributed by atoms with Crippen LogP contribution in [-0.4, -0.2) is 9.97 Å². The topological polar surface area (TPSA) is 29.0 Å². The van der Waals surface area contributed by atoms with E-state index in [0.29, 0.717) is 11.8 Å². The molecule has 0 aliphatic carbocycles. The van der Waals surface area contributed by atoms with Gasteiger partial charge in [-0.2, -0.15) is 0 Å². The van der Waals surface area contributed by atoms with Crippen LogP contribution < -0.4 is 4.90 Å². The number of hydrogen-bond donors (Lipinski definition) is 0. The van der Waals surface area contributed by atoms with E-state index in [0.717, 1.165) is 33.4 Å². The van der Waals surface area contributed by atoms with Gasteiger partial charge in [-0.15, -0.1) is 0 Å². The summed E-state index contributed by atoms with van der Waals surface area (Å²) < 4.78 is 0. The number of para-hydroxylation sites is 3. The molecule has 3 nitrogen and oxygen atoms in total. The molecule has 0 aliphatic heterocycles. The van der Waals surface area contributed by atoms with Crippen LogP contribution in [-0.2, 0) is 0 Å². The van der Waals surface area contributed by atoms with Gasteiger partial charge in [-0.25, -0.2) is 9.97 Å². The van der Waals surface area contributed by atoms with Gasteiger partial charge in [0, 0.05) is 10.8 Å². The fourth-order valence-corrected chi connectivity index (χ4v) is 4.48. The lowest BCUT2D eigenvalue weighted by molar-refractivity contribution is 0.829. The van der Waals surface area contributed by atoms with E-state index in [9.17, 15) is 0 Å². The molecule has 0 spiro atoms. The summed E-state index contributed by atoms with van der Waals surface area (Å²) in [6.45, 7) is 9.01. The lowest BCUT2D eigenvalue weighted by Crippen LogP contribution is -2.18. The van der Waals surface area contributed by atoms with Crippen molar-refractivity contribution >= 4 is 39.1 Å². The van der Waals surface area contributed by atoms with E-state index in [4.69, 9.17) is 9.97 Å². The third-order valence-electron chi connectivity index (χ3n) is 6.19. The van der Waals surface area contributed by atoms with Crippen LogP contribution in [0.4, 0.5) is 17.3 Å². The van der Waals surface area contributed by atoms with Crippen molar-refractivity contribution in [3.63, 3.8) is 0 Å². The summed E-state index contributed by atoms with van der Waals surface area (Å²) in [7, 11) is 0. The number of nitrogens with zero attached hydrogens (tertiary/aromatic N) is 3. The summed E-state index contributed by atoms with van der Waals surface area (Å²) >= 11 is 0. The Morgan fingerprint density at radius 3 is 1.42 bits per heavy atom. The highest BCUT2D eigenvalue weighted by Gasteiger charge is 2.24. The average Bonchev–Trinajstić information content (AvgIpc) is 2.84. The Morgan fingerprint density at radius 1 is 0.515 bits per heavy atom. The molecule has 33 heavy (non-hydrogen) atoms. The van der Waals surface area contributed by atoms with E-state index in [1.807, 2.05) is 12.1 Å². The Bertz CT molecular complexity index is 1330. The molecule has 0 saturated carbocycles. The van der Waals surface area contributed by atoms with Crippen LogP contribution in [0, 0.1) is 0 Å². The Balaban J connectivity index is 1.83. The van der Waals surface area contributed by atoms with Crippen molar-refractivity contribution in [1.29, 1.82) is 0 Å². The van der Waals surface area contributed by atoms with Gasteiger partial charge >= 0.3 is 0 Å². The molecule has 0 saturated heterocycles. The minimum Gasteiger partial charge on any atom is -0.278 e. The Hall–Kier alpha value is -3.72. The second kappa shape index (κ2) is 8.67. The summed E-state index contributed by atoms with van der Waals surface area (Å²) in [6.07, 6.45) is 0. The van der Waals surface area contributed by atoms with E-state index in [1.54, 1.807) is 0 Å². The standard InChI is InChI=1S/C30H29N3/c1-20(2)24-12-9-13-25(21(3)4)30(24)33(28-18-16-22-10-5-7-14-26(22)31-28)29-19-17-23-11-6-8-15-27(23)32-29/h5-21H,1-4H3. The normalized spacial score (nSPS) is 11.6. The van der Waals surface area contributed by atoms with Crippen LogP contribution in [0.2, 0.25) is 0 Å². The molecule has 0 bridgehead atoms. The van der Waals surface area contributed by atoms with E-state index in [2.05, 4.69) is 111 Å². The molecule has 0 aliphatic rings. The minimum absolute atomic E-state index is 0.363. The molecule has 0 radical (unpaired) electrons. The molecular formula is C30H29N3. The van der Waals surface area contributed by atoms with Gasteiger partial charge in [-0.1, -0.05) is 82.3 Å². The fourth-order valence-electron chi connectivity index (χ4n) is 4.48. The van der Waals surface area contributed by atoms with Crippen molar-refractivity contribution < 1.29 is 0 Å². The summed E-state index contributed by atoms with van der Waals surface area (Å²) in [6, 6.07) is 31.7. The van der Waals surface area contributed by atoms with Crippen LogP contribution in [0.25, 0.3) is 21.8 Å². The number of benzene rings is 3. The quantitative estimate of drug-likeness (QED) is 0.279. The number of pyridine rings is 2. The van der Waals surface area contributed by atoms with E-state index in [-0.39, 0.29) is 0 Å². The third kappa shape index (κ3) is 3.95. The van der Waals surface area contributed by atoms with Gasteiger partial charge in [-0.3, -0.25) is 4.90 Å². The van der Waals surface area contributed by atoms with Gasteiger partial charge in [0.2, 0.25) is 0 Å². The SMILES string of the molecule is CC(C)c1cccc(C(C)C)c1N(c1ccc2ccccc2n1)c1ccc2ccccc2n1. The zero-order valence-electron chi connectivity index (χ0n) is 19.7. The first-order valence-electron chi connectivity index (χ1n) is 11.7. The van der Waals surface area contributed by atoms with Crippen molar-refractivity contribution in [2.24, 2.45) is 0 Å². The predicted octanol–water partition coefficient (Wildman–Crippen LogP) is 8.50. The maximum absolute atomic E-state index is 5.10. The van der Waals surface area contributed by atoms with Gasteiger partial charge in [0.1, 0.15) is 11.6 Å². The number of hydrogen-bond acceptors (Lipinski definition) is 3. The van der Waals surface area contributed by atoms with Crippen molar-refractivity contribution in [1.82, 2.24) is 9.97 Å². The highest BCUT2D eigenvalue weighted by molar-refractivity contribution is 5.87. The second-order valence-electron chi connectivity index (χ2n) is 9.15. The smallest absolute Gasteiger partial charge is 0.139 e. The maximum Gasteiger partial charge on any atom is 0.139 e. The monoisotopic (exact) mass is 431 g/mol. The molecular weight excluding hydrogens is 402 g/mol. The molecule has 5 rings (SSSR count). The molecule has 2 heterocycles. The summed E-state index contributed by atoms with van der Waals surface area (Å²) in [5, 5.41) is 2.27. The van der Waals surface area contributed by atoms with Crippen LogP contribution in [0.1, 0.15) is 50.7 Å². The third-order valence-corrected chi connectivity index (χ3v) is 6.19. The highest BCUT2D eigenvalue weighted by Crippen LogP contribution is 2.43. The molecule has 2 aromatic heterocycles. The predicted molar refractivity (Wildman–Crippen MR) is 140 cm³/mol. The number of rotatable bonds is 5. The van der Waals surface area contributed by atoms with E-state index in [1.165, 1.54) is 16.8 Å². The summed E-state index contributed by atoms with van der Waals surface area (Å²) in [5.74, 6) is 2.49. The van der Waals surface area contributed by atoms with Crippen molar-refractivity contribution in [2.75, 3.05) is 4.90 Å². The van der Waals surface area contributed by atoms with Crippen LogP contribution in [0.15, 0.2) is 91.0 Å². The summed E-state index contributed by atoms with van der Waals surface area (Å²) in [4.78, 5) is 12.4. The zero-order valence-corrected chi connectivity index (χ0v) is 19.7. The summed E-state index contributed by atoms with van der Waals surface area (Å²) in [5.41, 5.74) is 5.74. The fraction of sp³-hybridized carbons (Fsp3) is 0.200. The Labute approximate surface area is 195 Å². The van der Waals surface area contributed by atoms with Gasteiger partial charge in [-0.05, 0) is 59.4 Å². The molecule has 3 aromatic carbocycles. The first-order chi connectivity index (χ1) is 16.0. The van der Waals surface area contributed by atoms with Crippen molar-refractivity contribution in [3.05, 3.63) is 102 Å². The van der Waals surface area contributed by atoms with Gasteiger partial charge in [0.15, 0.2) is 0 Å². The molecule has 3 heteroatoms. The number of fused-ring (bicyclic) bond motifs is 2. The maximum atomic E-state index is 5.10. The zero-order chi connectivity index (χ0) is 22.9. The van der Waals surface area contributed by atoms with Gasteiger partial charge in [0.25, 0.3) is 0 Å². The lowest BCUT2D eigenvalue weighted by atomic mass is 9.91. The molecule has 0 amide bonds. The molecule has 164 valence electrons. The van der Waals surface area contributed by atoms with Crippen LogP contribution in [0.5, 0.6) is 0 Å². The average molecular weight is 432 g/mol. The molecule has 0 N–H and O–H groups in total. The van der Waals surface area contributed by atoms with Crippen LogP contribution >= 0.6 is 0 Å². The largest absolute Gasteiger partial charge is 0.278 e.